The van der Waals surface area contributed by atoms with Crippen molar-refractivity contribution in [3.8, 4) is 11.6 Å². The average molecular weight is 265 g/mol. The normalized spacial score (nSPS) is 10.7. The molecule has 0 saturated heterocycles. The highest BCUT2D eigenvalue weighted by Gasteiger charge is 2.16. The van der Waals surface area contributed by atoms with Crippen LogP contribution in [0.1, 0.15) is 22.4 Å². The van der Waals surface area contributed by atoms with Gasteiger partial charge in [-0.2, -0.15) is 5.10 Å². The van der Waals surface area contributed by atoms with Crippen molar-refractivity contribution < 1.29 is 4.74 Å². The van der Waals surface area contributed by atoms with Crippen molar-refractivity contribution in [1.82, 2.24) is 9.78 Å². The van der Waals surface area contributed by atoms with Gasteiger partial charge in [0.15, 0.2) is 0 Å². The molecule has 0 amide bonds. The van der Waals surface area contributed by atoms with E-state index >= 15 is 0 Å². The average Bonchev–Trinajstić information content (AvgIpc) is 2.58. The van der Waals surface area contributed by atoms with Crippen molar-refractivity contribution in [2.24, 2.45) is 7.05 Å². The quantitative estimate of drug-likeness (QED) is 0.787. The SMILES string of the molecule is Cc1cccc(C)c1Oc1c(CCl)c(C)nn1C. The zero-order valence-corrected chi connectivity index (χ0v) is 11.9. The Kier molecular flexibility index (Phi) is 3.62. The number of benzene rings is 1. The van der Waals surface area contributed by atoms with Crippen LogP contribution in [0.15, 0.2) is 18.2 Å². The van der Waals surface area contributed by atoms with Crippen molar-refractivity contribution in [3.63, 3.8) is 0 Å². The van der Waals surface area contributed by atoms with E-state index in [0.717, 1.165) is 34.0 Å². The largest absolute Gasteiger partial charge is 0.438 e. The molecule has 0 spiro atoms. The summed E-state index contributed by atoms with van der Waals surface area (Å²) in [4.78, 5) is 0. The first-order valence-corrected chi connectivity index (χ1v) is 6.40. The first-order chi connectivity index (χ1) is 8.54. The van der Waals surface area contributed by atoms with Gasteiger partial charge >= 0.3 is 0 Å². The maximum atomic E-state index is 6.03. The summed E-state index contributed by atoms with van der Waals surface area (Å²) >= 11 is 5.96. The van der Waals surface area contributed by atoms with Gasteiger partial charge in [0.2, 0.25) is 5.88 Å². The zero-order chi connectivity index (χ0) is 13.3. The van der Waals surface area contributed by atoms with Crippen molar-refractivity contribution in [3.05, 3.63) is 40.6 Å². The fourth-order valence-electron chi connectivity index (χ4n) is 2.02. The Bertz CT molecular complexity index is 555. The third-order valence-corrected chi connectivity index (χ3v) is 3.30. The van der Waals surface area contributed by atoms with Crippen LogP contribution < -0.4 is 4.74 Å². The number of aryl methyl sites for hydroxylation is 4. The van der Waals surface area contributed by atoms with Crippen LogP contribution in [0.2, 0.25) is 0 Å². The Morgan fingerprint density at radius 3 is 2.39 bits per heavy atom. The van der Waals surface area contributed by atoms with E-state index in [-0.39, 0.29) is 0 Å². The van der Waals surface area contributed by atoms with Crippen molar-refractivity contribution in [2.75, 3.05) is 0 Å². The second kappa shape index (κ2) is 5.02. The molecule has 1 aromatic heterocycles. The summed E-state index contributed by atoms with van der Waals surface area (Å²) in [7, 11) is 1.87. The molecule has 1 aromatic carbocycles. The lowest BCUT2D eigenvalue weighted by Crippen LogP contribution is -1.99. The van der Waals surface area contributed by atoms with E-state index in [1.54, 1.807) is 4.68 Å². The van der Waals surface area contributed by atoms with Crippen molar-refractivity contribution in [2.45, 2.75) is 26.7 Å². The molecular formula is C14H17ClN2O. The topological polar surface area (TPSA) is 27.1 Å². The maximum absolute atomic E-state index is 6.03. The van der Waals surface area contributed by atoms with E-state index in [1.807, 2.05) is 46.0 Å². The Hall–Kier alpha value is -1.48. The van der Waals surface area contributed by atoms with Gasteiger partial charge in [0, 0.05) is 7.05 Å². The van der Waals surface area contributed by atoms with Crippen LogP contribution in [0.4, 0.5) is 0 Å². The number of aromatic nitrogens is 2. The molecule has 1 heterocycles. The summed E-state index contributed by atoms with van der Waals surface area (Å²) in [5, 5.41) is 4.34. The highest BCUT2D eigenvalue weighted by molar-refractivity contribution is 6.17. The van der Waals surface area contributed by atoms with Gasteiger partial charge in [0.05, 0.1) is 17.1 Å². The van der Waals surface area contributed by atoms with Gasteiger partial charge in [-0.15, -0.1) is 11.6 Å². The second-order valence-corrected chi connectivity index (χ2v) is 4.72. The third kappa shape index (κ3) is 2.23. The summed E-state index contributed by atoms with van der Waals surface area (Å²) in [6, 6.07) is 6.09. The van der Waals surface area contributed by atoms with E-state index in [9.17, 15) is 0 Å². The number of alkyl halides is 1. The molecule has 4 heteroatoms. The Labute approximate surface area is 112 Å². The van der Waals surface area contributed by atoms with Crippen LogP contribution in [-0.2, 0) is 12.9 Å². The summed E-state index contributed by atoms with van der Waals surface area (Å²) in [6.45, 7) is 6.01. The molecule has 2 rings (SSSR count). The smallest absolute Gasteiger partial charge is 0.222 e. The lowest BCUT2D eigenvalue weighted by molar-refractivity contribution is 0.422. The number of halogens is 1. The van der Waals surface area contributed by atoms with Crippen molar-refractivity contribution >= 4 is 11.6 Å². The molecule has 0 aliphatic heterocycles. The predicted molar refractivity (Wildman–Crippen MR) is 73.5 cm³/mol. The number of ether oxygens (including phenoxy) is 1. The van der Waals surface area contributed by atoms with E-state index < -0.39 is 0 Å². The highest BCUT2D eigenvalue weighted by atomic mass is 35.5. The Morgan fingerprint density at radius 2 is 1.83 bits per heavy atom. The standard InChI is InChI=1S/C14H17ClN2O/c1-9-6-5-7-10(2)13(9)18-14-12(8-15)11(3)16-17(14)4/h5-7H,8H2,1-4H3. The van der Waals surface area contributed by atoms with Gasteiger partial charge in [0.1, 0.15) is 5.75 Å². The summed E-state index contributed by atoms with van der Waals surface area (Å²) < 4.78 is 7.76. The molecule has 0 unspecified atom stereocenters. The summed E-state index contributed by atoms with van der Waals surface area (Å²) in [5.74, 6) is 2.01. The lowest BCUT2D eigenvalue weighted by atomic mass is 10.1. The number of hydrogen-bond donors (Lipinski definition) is 0. The Morgan fingerprint density at radius 1 is 1.22 bits per heavy atom. The van der Waals surface area contributed by atoms with Crippen LogP contribution in [0.5, 0.6) is 11.6 Å². The van der Waals surface area contributed by atoms with Gasteiger partial charge in [-0.25, -0.2) is 4.68 Å². The number of nitrogens with zero attached hydrogens (tertiary/aromatic N) is 2. The molecule has 0 aliphatic carbocycles. The summed E-state index contributed by atoms with van der Waals surface area (Å²) in [6.07, 6.45) is 0. The van der Waals surface area contributed by atoms with Crippen LogP contribution in [0.25, 0.3) is 0 Å². The first kappa shape index (κ1) is 13.0. The van der Waals surface area contributed by atoms with E-state index in [2.05, 4.69) is 5.10 Å². The number of para-hydroxylation sites is 1. The zero-order valence-electron chi connectivity index (χ0n) is 11.1. The van der Waals surface area contributed by atoms with Gasteiger partial charge in [-0.3, -0.25) is 0 Å². The molecule has 0 saturated carbocycles. The van der Waals surface area contributed by atoms with Crippen LogP contribution in [0.3, 0.4) is 0 Å². The molecule has 0 bridgehead atoms. The molecule has 2 aromatic rings. The number of rotatable bonds is 3. The van der Waals surface area contributed by atoms with E-state index in [0.29, 0.717) is 5.88 Å². The Balaban J connectivity index is 2.46. The maximum Gasteiger partial charge on any atom is 0.222 e. The molecule has 0 atom stereocenters. The minimum absolute atomic E-state index is 0.403. The van der Waals surface area contributed by atoms with E-state index in [4.69, 9.17) is 16.3 Å². The predicted octanol–water partition coefficient (Wildman–Crippen LogP) is 3.88. The second-order valence-electron chi connectivity index (χ2n) is 4.45. The van der Waals surface area contributed by atoms with Gasteiger partial charge in [-0.05, 0) is 31.9 Å². The highest BCUT2D eigenvalue weighted by Crippen LogP contribution is 2.32. The van der Waals surface area contributed by atoms with E-state index in [1.165, 1.54) is 0 Å². The van der Waals surface area contributed by atoms with Crippen molar-refractivity contribution in [1.29, 1.82) is 0 Å². The molecule has 96 valence electrons. The molecule has 0 radical (unpaired) electrons. The molecule has 0 fully saturated rings. The molecule has 18 heavy (non-hydrogen) atoms. The fraction of sp³-hybridized carbons (Fsp3) is 0.357. The first-order valence-electron chi connectivity index (χ1n) is 5.87. The van der Waals surface area contributed by atoms with Crippen LogP contribution >= 0.6 is 11.6 Å². The van der Waals surface area contributed by atoms with Gasteiger partial charge in [0.25, 0.3) is 0 Å². The number of hydrogen-bond acceptors (Lipinski definition) is 2. The van der Waals surface area contributed by atoms with Gasteiger partial charge in [-0.1, -0.05) is 18.2 Å². The fourth-order valence-corrected chi connectivity index (χ4v) is 2.33. The van der Waals surface area contributed by atoms with Crippen LogP contribution in [0, 0.1) is 20.8 Å². The molecular weight excluding hydrogens is 248 g/mol. The molecule has 0 N–H and O–H groups in total. The third-order valence-electron chi connectivity index (χ3n) is 3.03. The minimum Gasteiger partial charge on any atom is -0.438 e. The lowest BCUT2D eigenvalue weighted by Gasteiger charge is -2.12. The van der Waals surface area contributed by atoms with Crippen LogP contribution in [-0.4, -0.2) is 9.78 Å². The van der Waals surface area contributed by atoms with Gasteiger partial charge < -0.3 is 4.74 Å². The minimum atomic E-state index is 0.403. The summed E-state index contributed by atoms with van der Waals surface area (Å²) in [5.41, 5.74) is 4.07. The molecule has 3 nitrogen and oxygen atoms in total. The monoisotopic (exact) mass is 264 g/mol. The molecule has 0 aliphatic rings.